The molecule has 4 heteroatoms. The lowest BCUT2D eigenvalue weighted by atomic mass is 10.2. The molecule has 0 saturated heterocycles. The van der Waals surface area contributed by atoms with Crippen molar-refractivity contribution in [2.45, 2.75) is 40.2 Å². The average molecular weight is 309 g/mol. The highest BCUT2D eigenvalue weighted by Gasteiger charge is 2.11. The molecule has 3 nitrogen and oxygen atoms in total. The molecule has 0 unspecified atom stereocenters. The normalized spacial score (nSPS) is 11.7. The Morgan fingerprint density at radius 1 is 1.33 bits per heavy atom. The van der Waals surface area contributed by atoms with Crippen LogP contribution in [0.4, 0.5) is 0 Å². The molecule has 0 fully saturated rings. The monoisotopic (exact) mass is 308 g/mol. The van der Waals surface area contributed by atoms with Crippen molar-refractivity contribution in [1.82, 2.24) is 9.55 Å². The number of imidazole rings is 1. The second kappa shape index (κ2) is 7.81. The summed E-state index contributed by atoms with van der Waals surface area (Å²) < 4.78 is 7.99. The molecule has 1 heterocycles. The van der Waals surface area contributed by atoms with Gasteiger partial charge in [-0.15, -0.1) is 11.6 Å². The molecule has 116 valence electrons. The molecule has 0 N–H and O–H groups in total. The van der Waals surface area contributed by atoms with Gasteiger partial charge in [0.15, 0.2) is 0 Å². The van der Waals surface area contributed by atoms with Crippen molar-refractivity contribution in [2.75, 3.05) is 19.1 Å². The van der Waals surface area contributed by atoms with Crippen molar-refractivity contribution in [3.05, 3.63) is 29.6 Å². The van der Waals surface area contributed by atoms with E-state index in [-0.39, 0.29) is 0 Å². The van der Waals surface area contributed by atoms with Gasteiger partial charge in [0.05, 0.1) is 11.0 Å². The summed E-state index contributed by atoms with van der Waals surface area (Å²) in [6.45, 7) is 9.05. The molecular weight excluding hydrogens is 284 g/mol. The van der Waals surface area contributed by atoms with Crippen molar-refractivity contribution in [3.8, 4) is 0 Å². The first kappa shape index (κ1) is 16.3. The number of hydrogen-bond acceptors (Lipinski definition) is 2. The molecule has 0 aliphatic rings. The van der Waals surface area contributed by atoms with E-state index in [1.165, 1.54) is 11.1 Å². The number of ether oxygens (including phenoxy) is 1. The highest BCUT2D eigenvalue weighted by Crippen LogP contribution is 2.21. The zero-order chi connectivity index (χ0) is 15.2. The first-order valence-corrected chi connectivity index (χ1v) is 8.25. The van der Waals surface area contributed by atoms with E-state index in [1.807, 2.05) is 0 Å². The largest absolute Gasteiger partial charge is 0.381 e. The predicted molar refractivity (Wildman–Crippen MR) is 89.2 cm³/mol. The third-order valence-electron chi connectivity index (χ3n) is 3.49. The standard InChI is InChI=1S/C17H25ClN2O/c1-13(2)12-21-11-5-10-20-16(8-9-18)19-15-7-4-6-14(3)17(15)20/h4,6-7,13H,5,8-12H2,1-3H3. The molecule has 0 atom stereocenters. The fourth-order valence-electron chi connectivity index (χ4n) is 2.57. The van der Waals surface area contributed by atoms with Crippen molar-refractivity contribution >= 4 is 22.6 Å². The Hall–Kier alpha value is -1.06. The zero-order valence-electron chi connectivity index (χ0n) is 13.2. The molecule has 0 aliphatic heterocycles. The molecule has 21 heavy (non-hydrogen) atoms. The van der Waals surface area contributed by atoms with Crippen LogP contribution in [-0.4, -0.2) is 28.6 Å². The van der Waals surface area contributed by atoms with Gasteiger partial charge in [-0.2, -0.15) is 0 Å². The van der Waals surface area contributed by atoms with Gasteiger partial charge in [-0.3, -0.25) is 0 Å². The number of nitrogens with zero attached hydrogens (tertiary/aromatic N) is 2. The number of rotatable bonds is 8. The van der Waals surface area contributed by atoms with Gasteiger partial charge in [0.2, 0.25) is 0 Å². The van der Waals surface area contributed by atoms with Gasteiger partial charge >= 0.3 is 0 Å². The van der Waals surface area contributed by atoms with E-state index in [4.69, 9.17) is 21.3 Å². The number of halogens is 1. The molecule has 2 rings (SSSR count). The zero-order valence-corrected chi connectivity index (χ0v) is 14.0. The highest BCUT2D eigenvalue weighted by atomic mass is 35.5. The lowest BCUT2D eigenvalue weighted by Crippen LogP contribution is -2.09. The number of alkyl halides is 1. The van der Waals surface area contributed by atoms with Crippen LogP contribution in [0.15, 0.2) is 18.2 Å². The van der Waals surface area contributed by atoms with Crippen molar-refractivity contribution < 1.29 is 4.74 Å². The van der Waals surface area contributed by atoms with Crippen molar-refractivity contribution in [3.63, 3.8) is 0 Å². The summed E-state index contributed by atoms with van der Waals surface area (Å²) in [7, 11) is 0. The molecule has 1 aromatic carbocycles. The number of aromatic nitrogens is 2. The Balaban J connectivity index is 2.10. The maximum atomic E-state index is 5.92. The quantitative estimate of drug-likeness (QED) is 0.540. The highest BCUT2D eigenvalue weighted by molar-refractivity contribution is 6.17. The van der Waals surface area contributed by atoms with Crippen LogP contribution in [0.2, 0.25) is 0 Å². The van der Waals surface area contributed by atoms with Crippen LogP contribution in [0, 0.1) is 12.8 Å². The molecule has 0 radical (unpaired) electrons. The second-order valence-electron chi connectivity index (χ2n) is 5.88. The Labute approximate surface area is 132 Å². The molecule has 2 aromatic rings. The summed E-state index contributed by atoms with van der Waals surface area (Å²) in [5, 5.41) is 0. The van der Waals surface area contributed by atoms with Crippen LogP contribution in [0.1, 0.15) is 31.7 Å². The fourth-order valence-corrected chi connectivity index (χ4v) is 2.74. The van der Waals surface area contributed by atoms with E-state index < -0.39 is 0 Å². The summed E-state index contributed by atoms with van der Waals surface area (Å²) >= 11 is 5.92. The third-order valence-corrected chi connectivity index (χ3v) is 3.68. The number of benzene rings is 1. The number of hydrogen-bond donors (Lipinski definition) is 0. The van der Waals surface area contributed by atoms with Crippen LogP contribution >= 0.6 is 11.6 Å². The van der Waals surface area contributed by atoms with E-state index in [9.17, 15) is 0 Å². The second-order valence-corrected chi connectivity index (χ2v) is 6.26. The number of fused-ring (bicyclic) bond motifs is 1. The summed E-state index contributed by atoms with van der Waals surface area (Å²) in [5.74, 6) is 2.28. The molecule has 0 spiro atoms. The molecule has 0 amide bonds. The van der Waals surface area contributed by atoms with Gasteiger partial charge in [-0.25, -0.2) is 4.98 Å². The summed E-state index contributed by atoms with van der Waals surface area (Å²) in [6, 6.07) is 6.28. The van der Waals surface area contributed by atoms with Crippen LogP contribution in [0.3, 0.4) is 0 Å². The Bertz CT molecular complexity index is 577. The minimum Gasteiger partial charge on any atom is -0.381 e. The Morgan fingerprint density at radius 3 is 2.86 bits per heavy atom. The van der Waals surface area contributed by atoms with E-state index in [2.05, 4.69) is 43.5 Å². The first-order valence-electron chi connectivity index (χ1n) is 7.72. The number of para-hydroxylation sites is 1. The summed E-state index contributed by atoms with van der Waals surface area (Å²) in [5.41, 5.74) is 3.57. The maximum Gasteiger partial charge on any atom is 0.111 e. The molecular formula is C17H25ClN2O. The van der Waals surface area contributed by atoms with Gasteiger partial charge in [0, 0.05) is 32.1 Å². The van der Waals surface area contributed by atoms with Crippen LogP contribution in [0.5, 0.6) is 0 Å². The van der Waals surface area contributed by atoms with Gasteiger partial charge in [-0.1, -0.05) is 26.0 Å². The van der Waals surface area contributed by atoms with Crippen LogP contribution < -0.4 is 0 Å². The van der Waals surface area contributed by atoms with Crippen molar-refractivity contribution in [1.29, 1.82) is 0 Å². The Morgan fingerprint density at radius 2 is 2.14 bits per heavy atom. The van der Waals surface area contributed by atoms with E-state index >= 15 is 0 Å². The van der Waals surface area contributed by atoms with Crippen LogP contribution in [-0.2, 0) is 17.7 Å². The molecule has 1 aromatic heterocycles. The van der Waals surface area contributed by atoms with Crippen LogP contribution in [0.25, 0.3) is 11.0 Å². The maximum absolute atomic E-state index is 5.92. The lowest BCUT2D eigenvalue weighted by molar-refractivity contribution is 0.105. The summed E-state index contributed by atoms with van der Waals surface area (Å²) in [4.78, 5) is 4.73. The minimum atomic E-state index is 0.591. The SMILES string of the molecule is Cc1cccc2nc(CCCl)n(CCCOCC(C)C)c12. The van der Waals surface area contributed by atoms with Gasteiger partial charge < -0.3 is 9.30 Å². The Kier molecular flexibility index (Phi) is 6.07. The minimum absolute atomic E-state index is 0.591. The third kappa shape index (κ3) is 4.21. The lowest BCUT2D eigenvalue weighted by Gasteiger charge is -2.11. The predicted octanol–water partition coefficient (Wildman–Crippen LogP) is 4.19. The smallest absolute Gasteiger partial charge is 0.111 e. The van der Waals surface area contributed by atoms with E-state index in [0.717, 1.165) is 43.9 Å². The molecule has 0 saturated carbocycles. The van der Waals surface area contributed by atoms with Gasteiger partial charge in [-0.05, 0) is 30.9 Å². The topological polar surface area (TPSA) is 27.1 Å². The number of aryl methyl sites for hydroxylation is 3. The summed E-state index contributed by atoms with van der Waals surface area (Å²) in [6.07, 6.45) is 1.81. The first-order chi connectivity index (χ1) is 10.1. The van der Waals surface area contributed by atoms with Gasteiger partial charge in [0.1, 0.15) is 5.82 Å². The van der Waals surface area contributed by atoms with Gasteiger partial charge in [0.25, 0.3) is 0 Å². The molecule has 0 aliphatic carbocycles. The van der Waals surface area contributed by atoms with E-state index in [0.29, 0.717) is 11.8 Å². The van der Waals surface area contributed by atoms with Crippen molar-refractivity contribution in [2.24, 2.45) is 5.92 Å². The van der Waals surface area contributed by atoms with E-state index in [1.54, 1.807) is 0 Å². The average Bonchev–Trinajstić information content (AvgIpc) is 2.78. The molecule has 0 bridgehead atoms. The fraction of sp³-hybridized carbons (Fsp3) is 0.588.